The summed E-state index contributed by atoms with van der Waals surface area (Å²) in [6, 6.07) is 16.1. The first-order chi connectivity index (χ1) is 31.9. The number of esters is 1. The predicted molar refractivity (Wildman–Crippen MR) is 269 cm³/mol. The number of likely N-dealkylation sites (tertiary alicyclic amines) is 1. The minimum absolute atomic E-state index is 0.159. The number of thiazole rings is 2. The van der Waals surface area contributed by atoms with Gasteiger partial charge in [-0.25, -0.2) is 14.2 Å². The van der Waals surface area contributed by atoms with Crippen LogP contribution in [0.4, 0.5) is 21.2 Å². The average molecular weight is 958 g/mol. The Labute approximate surface area is 399 Å². The molecule has 0 radical (unpaired) electrons. The minimum atomic E-state index is -1.24. The van der Waals surface area contributed by atoms with Gasteiger partial charge in [0.05, 0.1) is 30.5 Å². The highest BCUT2D eigenvalue weighted by atomic mass is 32.1. The van der Waals surface area contributed by atoms with Gasteiger partial charge in [0.1, 0.15) is 6.73 Å². The van der Waals surface area contributed by atoms with Crippen LogP contribution in [-0.4, -0.2) is 124 Å². The molecule has 3 aromatic heterocycles. The molecule has 356 valence electrons. The van der Waals surface area contributed by atoms with Crippen molar-refractivity contribution in [2.24, 2.45) is 4.99 Å². The van der Waals surface area contributed by atoms with E-state index >= 15 is 0 Å². The highest BCUT2D eigenvalue weighted by Gasteiger charge is 2.24. The number of para-hydroxylation sites is 1. The molecule has 0 atom stereocenters. The highest BCUT2D eigenvalue weighted by molar-refractivity contribution is 7.16. The van der Waals surface area contributed by atoms with Crippen molar-refractivity contribution >= 4 is 63.7 Å². The van der Waals surface area contributed by atoms with E-state index in [1.54, 1.807) is 23.5 Å². The summed E-state index contributed by atoms with van der Waals surface area (Å²) in [4.78, 5) is 31.2. The van der Waals surface area contributed by atoms with Crippen molar-refractivity contribution < 1.29 is 23.4 Å². The first-order valence-electron chi connectivity index (χ1n) is 23.3. The zero-order valence-electron chi connectivity index (χ0n) is 40.0. The van der Waals surface area contributed by atoms with Gasteiger partial charge in [-0.1, -0.05) is 67.8 Å². The van der Waals surface area contributed by atoms with Crippen LogP contribution in [0.25, 0.3) is 10.2 Å². The van der Waals surface area contributed by atoms with Gasteiger partial charge in [0.15, 0.2) is 38.8 Å². The van der Waals surface area contributed by atoms with Crippen LogP contribution in [0.3, 0.4) is 0 Å². The Bertz CT molecular complexity index is 2470. The monoisotopic (exact) mass is 957 g/mol. The fourth-order valence-corrected chi connectivity index (χ4v) is 10.3. The molecule has 1 N–H and O–H groups in total. The normalized spacial score (nSPS) is 13.6. The molecule has 0 aliphatic carbocycles. The first kappa shape index (κ1) is 50.9. The van der Waals surface area contributed by atoms with E-state index in [0.29, 0.717) is 61.6 Å². The molecule has 0 spiro atoms. The van der Waals surface area contributed by atoms with Crippen LogP contribution < -0.4 is 19.8 Å². The Kier molecular flexibility index (Phi) is 19.7. The van der Waals surface area contributed by atoms with Crippen LogP contribution in [-0.2, 0) is 22.6 Å². The van der Waals surface area contributed by atoms with E-state index in [1.807, 2.05) is 44.1 Å². The Hall–Kier alpha value is -4.54. The summed E-state index contributed by atoms with van der Waals surface area (Å²) in [7, 11) is 3.98. The second-order valence-corrected chi connectivity index (χ2v) is 25.9. The maximum absolute atomic E-state index is 14.9. The molecule has 6 rings (SSSR count). The molecular formula is C49H68FN9O4S2Si. The largest absolute Gasteiger partial charge is 0.491 e. The Morgan fingerprint density at radius 2 is 1.80 bits per heavy atom. The molecular weight excluding hydrogens is 890 g/mol. The standard InChI is InChI=1S/C49H68FN9O4S2Si/c1-37-34-44(54-55-46(37)53-49-59(36-62-32-33-66(5,6)7)40-19-10-11-20-42(40)64-49)58(29-15-8-12-24-51-25-30-57-27-13-9-14-28-57)48-52-45(47(60)61-4)43(65-48)21-17-31-63-41-23-22-38(35-39(41)50)18-16-26-56(2)3/h10-11,19-20,22-23,34-35,51H,8-9,12-15,17,21,24-33,36H2,1-7H3. The number of carbonyl (C=O) groups excluding carboxylic acids is 1. The van der Waals surface area contributed by atoms with Gasteiger partial charge >= 0.3 is 5.97 Å². The van der Waals surface area contributed by atoms with E-state index in [4.69, 9.17) is 34.4 Å². The minimum Gasteiger partial charge on any atom is -0.491 e. The topological polar surface area (TPSA) is 122 Å². The third kappa shape index (κ3) is 15.5. The smallest absolute Gasteiger partial charge is 0.357 e. The number of unbranched alkanes of at least 4 members (excludes halogenated alkanes) is 2. The number of aromatic nitrogens is 4. The SMILES string of the molecule is COC(=O)c1nc(N(CCCCCNCCN2CCCCC2)c2cc(C)c(N=c3sc4ccccc4n3COCC[Si](C)(C)C)nn2)sc1CCCOc1ccc(C#CCN(C)C)cc1F. The molecule has 1 fully saturated rings. The third-order valence-corrected chi connectivity index (χ3v) is 15.1. The van der Waals surface area contributed by atoms with Crippen LogP contribution in [0.2, 0.25) is 25.7 Å². The number of fused-ring (bicyclic) bond motifs is 1. The quantitative estimate of drug-likeness (QED) is 0.0276. The lowest BCUT2D eigenvalue weighted by atomic mass is 10.1. The van der Waals surface area contributed by atoms with Crippen molar-refractivity contribution in [2.75, 3.05) is 85.1 Å². The van der Waals surface area contributed by atoms with Gasteiger partial charge in [-0.3, -0.25) is 9.47 Å². The first-order valence-corrected chi connectivity index (χ1v) is 28.6. The van der Waals surface area contributed by atoms with E-state index in [9.17, 15) is 9.18 Å². The Morgan fingerprint density at radius 3 is 2.56 bits per heavy atom. The number of aryl methyl sites for hydroxylation is 2. The summed E-state index contributed by atoms with van der Waals surface area (Å²) in [6.07, 6.45) is 7.88. The molecule has 0 bridgehead atoms. The highest BCUT2D eigenvalue weighted by Crippen LogP contribution is 2.34. The lowest BCUT2D eigenvalue weighted by molar-refractivity contribution is 0.0593. The molecule has 1 aliphatic rings. The summed E-state index contributed by atoms with van der Waals surface area (Å²) in [5.74, 6) is 6.33. The molecule has 0 unspecified atom stereocenters. The zero-order chi connectivity index (χ0) is 46.9. The fourth-order valence-electron chi connectivity index (χ4n) is 7.40. The molecule has 0 amide bonds. The number of anilines is 2. The number of ether oxygens (including phenoxy) is 3. The Balaban J connectivity index is 1.19. The predicted octanol–water partition coefficient (Wildman–Crippen LogP) is 9.04. The van der Waals surface area contributed by atoms with E-state index in [0.717, 1.165) is 70.4 Å². The Morgan fingerprint density at radius 1 is 0.985 bits per heavy atom. The number of carbonyl (C=O) groups is 1. The maximum atomic E-state index is 14.9. The van der Waals surface area contributed by atoms with E-state index < -0.39 is 19.9 Å². The fraction of sp³-hybridized carbons (Fsp3) is 0.531. The van der Waals surface area contributed by atoms with Crippen LogP contribution in [0, 0.1) is 24.6 Å². The number of benzene rings is 2. The van der Waals surface area contributed by atoms with E-state index in [2.05, 4.69) is 63.3 Å². The third-order valence-electron chi connectivity index (χ3n) is 11.2. The number of rotatable bonds is 24. The van der Waals surface area contributed by atoms with Gasteiger partial charge in [-0.2, -0.15) is 4.99 Å². The van der Waals surface area contributed by atoms with Crippen LogP contribution in [0.5, 0.6) is 5.75 Å². The summed E-state index contributed by atoms with van der Waals surface area (Å²) < 4.78 is 35.4. The van der Waals surface area contributed by atoms with Gasteiger partial charge in [0, 0.05) is 44.8 Å². The molecule has 1 aliphatic heterocycles. The van der Waals surface area contributed by atoms with Crippen molar-refractivity contribution in [2.45, 2.75) is 90.7 Å². The summed E-state index contributed by atoms with van der Waals surface area (Å²) in [5.41, 5.74) is 2.77. The zero-order valence-corrected chi connectivity index (χ0v) is 42.6. The number of nitrogens with one attached hydrogen (secondary N) is 1. The van der Waals surface area contributed by atoms with Gasteiger partial charge < -0.3 is 29.3 Å². The van der Waals surface area contributed by atoms with Crippen molar-refractivity contribution in [3.05, 3.63) is 80.8 Å². The van der Waals surface area contributed by atoms with Crippen LogP contribution in [0.1, 0.15) is 71.4 Å². The number of methoxy groups -OCH3 is 1. The number of hydrogen-bond donors (Lipinski definition) is 1. The molecule has 66 heavy (non-hydrogen) atoms. The second-order valence-electron chi connectivity index (χ2n) is 18.2. The van der Waals surface area contributed by atoms with Crippen molar-refractivity contribution in [3.8, 4) is 17.6 Å². The summed E-state index contributed by atoms with van der Waals surface area (Å²) in [5, 5.41) is 13.7. The number of halogens is 1. The molecule has 5 aromatic rings. The van der Waals surface area contributed by atoms with Gasteiger partial charge in [0.25, 0.3) is 0 Å². The average Bonchev–Trinajstić information content (AvgIpc) is 3.88. The lowest BCUT2D eigenvalue weighted by Gasteiger charge is -2.26. The number of hydrogen-bond acceptors (Lipinski definition) is 14. The second kappa shape index (κ2) is 25.6. The molecule has 4 heterocycles. The van der Waals surface area contributed by atoms with E-state index in [1.165, 1.54) is 56.9 Å². The van der Waals surface area contributed by atoms with Gasteiger partial charge in [-0.15, -0.1) is 21.5 Å². The van der Waals surface area contributed by atoms with Crippen molar-refractivity contribution in [3.63, 3.8) is 0 Å². The maximum Gasteiger partial charge on any atom is 0.357 e. The molecule has 17 heteroatoms. The number of nitrogens with zero attached hydrogens (tertiary/aromatic N) is 8. The molecule has 2 aromatic carbocycles. The van der Waals surface area contributed by atoms with Crippen molar-refractivity contribution in [1.29, 1.82) is 0 Å². The molecule has 0 saturated carbocycles. The lowest BCUT2D eigenvalue weighted by Crippen LogP contribution is -2.36. The summed E-state index contributed by atoms with van der Waals surface area (Å²) >= 11 is 3.03. The molecule has 13 nitrogen and oxygen atoms in total. The van der Waals surface area contributed by atoms with Crippen molar-refractivity contribution in [1.82, 2.24) is 34.9 Å². The van der Waals surface area contributed by atoms with Crippen LogP contribution in [0.15, 0.2) is 53.5 Å². The van der Waals surface area contributed by atoms with Gasteiger partial charge in [0.2, 0.25) is 0 Å². The van der Waals surface area contributed by atoms with E-state index in [-0.39, 0.29) is 18.1 Å². The summed E-state index contributed by atoms with van der Waals surface area (Å²) in [6.45, 7) is 17.1. The van der Waals surface area contributed by atoms with Crippen LogP contribution >= 0.6 is 22.7 Å². The van der Waals surface area contributed by atoms with Gasteiger partial charge in [-0.05, 0) is 127 Å². The molecule has 1 saturated heterocycles. The number of piperidine rings is 1.